The fourth-order valence-corrected chi connectivity index (χ4v) is 2.92. The summed E-state index contributed by atoms with van der Waals surface area (Å²) in [4.78, 5) is 12.5. The molecule has 3 rings (SSSR count). The molecule has 5 heteroatoms. The molecular weight excluding hydrogens is 312 g/mol. The van der Waals surface area contributed by atoms with Gasteiger partial charge in [-0.25, -0.2) is 0 Å². The summed E-state index contributed by atoms with van der Waals surface area (Å²) in [5.74, 6) is 0.614. The highest BCUT2D eigenvalue weighted by Crippen LogP contribution is 2.36. The van der Waals surface area contributed by atoms with Crippen LogP contribution >= 0.6 is 11.6 Å². The van der Waals surface area contributed by atoms with Gasteiger partial charge in [-0.1, -0.05) is 29.8 Å². The van der Waals surface area contributed by atoms with Crippen LogP contribution in [0.5, 0.6) is 5.75 Å². The molecule has 0 amide bonds. The van der Waals surface area contributed by atoms with Gasteiger partial charge in [0.05, 0.1) is 7.11 Å². The molecule has 0 fully saturated rings. The molecule has 114 valence electrons. The van der Waals surface area contributed by atoms with E-state index in [-0.39, 0.29) is 11.3 Å². The van der Waals surface area contributed by atoms with Crippen molar-refractivity contribution in [2.45, 2.75) is 0 Å². The van der Waals surface area contributed by atoms with Crippen molar-refractivity contribution in [3.63, 3.8) is 0 Å². The number of aromatic nitrogens is 1. The van der Waals surface area contributed by atoms with Gasteiger partial charge in [-0.3, -0.25) is 4.79 Å². The minimum atomic E-state index is -0.227. The van der Waals surface area contributed by atoms with Gasteiger partial charge >= 0.3 is 0 Å². The van der Waals surface area contributed by atoms with Gasteiger partial charge in [0.2, 0.25) is 0 Å². The Morgan fingerprint density at radius 1 is 1.17 bits per heavy atom. The van der Waals surface area contributed by atoms with Crippen molar-refractivity contribution in [1.29, 1.82) is 5.26 Å². The Morgan fingerprint density at radius 2 is 1.91 bits per heavy atom. The van der Waals surface area contributed by atoms with E-state index in [9.17, 15) is 10.1 Å². The zero-order chi connectivity index (χ0) is 16.6. The number of halogens is 1. The molecule has 0 spiro atoms. The minimum Gasteiger partial charge on any atom is -0.497 e. The molecule has 1 aromatic heterocycles. The standard InChI is InChI=1S/C18H13ClN2O2/c1-21-16(10-20)17(13-5-3-4-6-15(13)19)14-9-11(23-2)7-8-12(14)18(21)22/h3-9H,1-2H3. The maximum Gasteiger partial charge on any atom is 0.259 e. The third kappa shape index (κ3) is 2.36. The Balaban J connectivity index is 2.58. The van der Waals surface area contributed by atoms with E-state index >= 15 is 0 Å². The van der Waals surface area contributed by atoms with Crippen molar-refractivity contribution in [2.24, 2.45) is 7.05 Å². The molecular formula is C18H13ClN2O2. The normalized spacial score (nSPS) is 10.5. The molecule has 1 heterocycles. The Labute approximate surface area is 138 Å². The Hall–Kier alpha value is -2.77. The summed E-state index contributed by atoms with van der Waals surface area (Å²) in [7, 11) is 3.15. The summed E-state index contributed by atoms with van der Waals surface area (Å²) in [5, 5.41) is 11.3. The molecule has 0 aliphatic rings. The average Bonchev–Trinajstić information content (AvgIpc) is 2.58. The largest absolute Gasteiger partial charge is 0.497 e. The maximum absolute atomic E-state index is 12.5. The quantitative estimate of drug-likeness (QED) is 0.721. The number of pyridine rings is 1. The third-order valence-electron chi connectivity index (χ3n) is 3.85. The van der Waals surface area contributed by atoms with Crippen LogP contribution in [0, 0.1) is 11.3 Å². The van der Waals surface area contributed by atoms with Crippen LogP contribution in [0.3, 0.4) is 0 Å². The van der Waals surface area contributed by atoms with Crippen molar-refractivity contribution in [1.82, 2.24) is 4.57 Å². The van der Waals surface area contributed by atoms with E-state index in [4.69, 9.17) is 16.3 Å². The maximum atomic E-state index is 12.5. The summed E-state index contributed by atoms with van der Waals surface area (Å²) in [6.07, 6.45) is 0. The van der Waals surface area contributed by atoms with E-state index in [1.54, 1.807) is 38.4 Å². The lowest BCUT2D eigenvalue weighted by Crippen LogP contribution is -2.20. The van der Waals surface area contributed by atoms with Crippen LogP contribution in [0.25, 0.3) is 21.9 Å². The van der Waals surface area contributed by atoms with E-state index in [1.165, 1.54) is 4.57 Å². The van der Waals surface area contributed by atoms with Crippen LogP contribution in [-0.2, 0) is 7.05 Å². The van der Waals surface area contributed by atoms with Crippen molar-refractivity contribution < 1.29 is 4.74 Å². The second kappa shape index (κ2) is 5.79. The highest BCUT2D eigenvalue weighted by molar-refractivity contribution is 6.33. The number of fused-ring (bicyclic) bond motifs is 1. The molecule has 3 aromatic rings. The Morgan fingerprint density at radius 3 is 2.57 bits per heavy atom. The molecule has 0 saturated heterocycles. The first kappa shape index (κ1) is 15.1. The fourth-order valence-electron chi connectivity index (χ4n) is 2.69. The summed E-state index contributed by atoms with van der Waals surface area (Å²) in [6, 6.07) is 14.6. The van der Waals surface area contributed by atoms with Crippen LogP contribution in [0.4, 0.5) is 0 Å². The van der Waals surface area contributed by atoms with Crippen LogP contribution in [-0.4, -0.2) is 11.7 Å². The van der Waals surface area contributed by atoms with E-state index in [2.05, 4.69) is 6.07 Å². The van der Waals surface area contributed by atoms with Crippen molar-refractivity contribution in [3.8, 4) is 22.9 Å². The highest BCUT2D eigenvalue weighted by atomic mass is 35.5. The molecule has 4 nitrogen and oxygen atoms in total. The zero-order valence-corrected chi connectivity index (χ0v) is 13.4. The summed E-state index contributed by atoms with van der Waals surface area (Å²) in [6.45, 7) is 0. The van der Waals surface area contributed by atoms with Crippen molar-refractivity contribution in [3.05, 3.63) is 63.5 Å². The van der Waals surface area contributed by atoms with Gasteiger partial charge in [-0.2, -0.15) is 5.26 Å². The van der Waals surface area contributed by atoms with E-state index in [0.717, 1.165) is 0 Å². The Bertz CT molecular complexity index is 1020. The lowest BCUT2D eigenvalue weighted by Gasteiger charge is -2.14. The van der Waals surface area contributed by atoms with Gasteiger partial charge in [-0.15, -0.1) is 0 Å². The second-order valence-electron chi connectivity index (χ2n) is 5.09. The van der Waals surface area contributed by atoms with Gasteiger partial charge in [0.25, 0.3) is 5.56 Å². The molecule has 0 unspecified atom stereocenters. The predicted molar refractivity (Wildman–Crippen MR) is 90.9 cm³/mol. The number of rotatable bonds is 2. The number of hydrogen-bond donors (Lipinski definition) is 0. The van der Waals surface area contributed by atoms with E-state index in [0.29, 0.717) is 32.7 Å². The average molecular weight is 325 g/mol. The molecule has 0 aliphatic heterocycles. The van der Waals surface area contributed by atoms with Gasteiger partial charge in [0.15, 0.2) is 0 Å². The van der Waals surface area contributed by atoms with E-state index in [1.807, 2.05) is 18.2 Å². The monoisotopic (exact) mass is 324 g/mol. The number of hydrogen-bond acceptors (Lipinski definition) is 3. The molecule has 0 bridgehead atoms. The first-order valence-corrected chi connectivity index (χ1v) is 7.32. The topological polar surface area (TPSA) is 55.0 Å². The Kier molecular flexibility index (Phi) is 3.81. The number of benzene rings is 2. The molecule has 0 radical (unpaired) electrons. The first-order valence-electron chi connectivity index (χ1n) is 6.94. The van der Waals surface area contributed by atoms with Crippen molar-refractivity contribution in [2.75, 3.05) is 7.11 Å². The molecule has 23 heavy (non-hydrogen) atoms. The highest BCUT2D eigenvalue weighted by Gasteiger charge is 2.18. The summed E-state index contributed by atoms with van der Waals surface area (Å²) < 4.78 is 6.62. The lowest BCUT2D eigenvalue weighted by molar-refractivity contribution is 0.415. The van der Waals surface area contributed by atoms with Gasteiger partial charge in [0.1, 0.15) is 17.5 Å². The van der Waals surface area contributed by atoms with Crippen LogP contribution in [0.1, 0.15) is 5.69 Å². The first-order chi connectivity index (χ1) is 11.1. The predicted octanol–water partition coefficient (Wildman–Crippen LogP) is 3.74. The van der Waals surface area contributed by atoms with Crippen LogP contribution in [0.15, 0.2) is 47.3 Å². The number of nitriles is 1. The van der Waals surface area contributed by atoms with Gasteiger partial charge in [0, 0.05) is 34.0 Å². The minimum absolute atomic E-state index is 0.227. The number of ether oxygens (including phenoxy) is 1. The van der Waals surface area contributed by atoms with Crippen molar-refractivity contribution >= 4 is 22.4 Å². The molecule has 0 aliphatic carbocycles. The molecule has 0 atom stereocenters. The molecule has 2 aromatic carbocycles. The van der Waals surface area contributed by atoms with Crippen LogP contribution in [0.2, 0.25) is 5.02 Å². The molecule has 0 saturated carbocycles. The zero-order valence-electron chi connectivity index (χ0n) is 12.6. The fraction of sp³-hybridized carbons (Fsp3) is 0.111. The summed E-state index contributed by atoms with van der Waals surface area (Å²) in [5.41, 5.74) is 1.38. The van der Waals surface area contributed by atoms with Crippen LogP contribution < -0.4 is 10.3 Å². The lowest BCUT2D eigenvalue weighted by atomic mass is 9.97. The molecule has 0 N–H and O–H groups in total. The second-order valence-corrected chi connectivity index (χ2v) is 5.50. The van der Waals surface area contributed by atoms with E-state index < -0.39 is 0 Å². The summed E-state index contributed by atoms with van der Waals surface area (Å²) >= 11 is 6.33. The number of nitrogens with zero attached hydrogens (tertiary/aromatic N) is 2. The van der Waals surface area contributed by atoms with Gasteiger partial charge in [-0.05, 0) is 24.3 Å². The number of methoxy groups -OCH3 is 1. The van der Waals surface area contributed by atoms with Gasteiger partial charge < -0.3 is 9.30 Å². The smallest absolute Gasteiger partial charge is 0.259 e. The SMILES string of the molecule is COc1ccc2c(=O)n(C)c(C#N)c(-c3ccccc3Cl)c2c1. The third-order valence-corrected chi connectivity index (χ3v) is 4.18.